The van der Waals surface area contributed by atoms with Crippen LogP contribution in [0.3, 0.4) is 0 Å². The molecule has 0 heterocycles. The van der Waals surface area contributed by atoms with Crippen LogP contribution < -0.4 is 0 Å². The van der Waals surface area contributed by atoms with Crippen molar-refractivity contribution < 1.29 is 24.3 Å². The van der Waals surface area contributed by atoms with E-state index in [2.05, 4.69) is 11.7 Å². The molecule has 1 aliphatic rings. The van der Waals surface area contributed by atoms with Crippen molar-refractivity contribution >= 4 is 17.4 Å². The Labute approximate surface area is 136 Å². The third kappa shape index (κ3) is 3.60. The number of rotatable bonds is 7. The van der Waals surface area contributed by atoms with Crippen molar-refractivity contribution in [2.24, 2.45) is 10.6 Å². The summed E-state index contributed by atoms with van der Waals surface area (Å²) in [6.45, 7) is 8.89. The van der Waals surface area contributed by atoms with E-state index >= 15 is 0 Å². The summed E-state index contributed by atoms with van der Waals surface area (Å²) in [4.78, 5) is 29.1. The van der Waals surface area contributed by atoms with Gasteiger partial charge in [0.1, 0.15) is 24.4 Å². The quantitative estimate of drug-likeness (QED) is 0.256. The van der Waals surface area contributed by atoms with E-state index in [-0.39, 0.29) is 23.5 Å². The first-order valence-corrected chi connectivity index (χ1v) is 7.43. The van der Waals surface area contributed by atoms with Gasteiger partial charge in [0.05, 0.1) is 16.9 Å². The number of Topliss-reactive ketones (excluding diaryl/α,β-unsaturated/α-hetero) is 1. The van der Waals surface area contributed by atoms with E-state index in [1.54, 1.807) is 19.8 Å². The lowest BCUT2D eigenvalue weighted by Crippen LogP contribution is -2.46. The minimum Gasteiger partial charge on any atom is -0.506 e. The molecule has 0 bridgehead atoms. The standard InChI is InChI=1S/C17H23NO5/c1-6-8-12(18-23-9-7-2)13-14(20)11(10-19)17(3,4)16(22-5)15(13)21/h7,16,20H,2,6,8-9H2,1,3-5H3. The Morgan fingerprint density at radius 1 is 1.52 bits per heavy atom. The van der Waals surface area contributed by atoms with Crippen LogP contribution in [0.15, 0.2) is 34.7 Å². The summed E-state index contributed by atoms with van der Waals surface area (Å²) >= 11 is 0. The molecular formula is C17H23NO5. The summed E-state index contributed by atoms with van der Waals surface area (Å²) in [5.41, 5.74) is -0.755. The maximum atomic E-state index is 12.8. The Hall–Kier alpha value is -2.17. The van der Waals surface area contributed by atoms with E-state index < -0.39 is 23.1 Å². The van der Waals surface area contributed by atoms with Gasteiger partial charge in [-0.05, 0) is 6.42 Å². The van der Waals surface area contributed by atoms with Crippen molar-refractivity contribution in [2.75, 3.05) is 13.7 Å². The number of hydrogen-bond acceptors (Lipinski definition) is 6. The third-order valence-electron chi connectivity index (χ3n) is 3.74. The number of allylic oxidation sites excluding steroid dienone is 1. The summed E-state index contributed by atoms with van der Waals surface area (Å²) < 4.78 is 5.28. The van der Waals surface area contributed by atoms with Gasteiger partial charge in [-0.15, -0.1) is 0 Å². The topological polar surface area (TPSA) is 85.2 Å². The number of ketones is 1. The Bertz CT molecular complexity index is 594. The summed E-state index contributed by atoms with van der Waals surface area (Å²) in [6.07, 6.45) is 1.69. The van der Waals surface area contributed by atoms with Crippen molar-refractivity contribution in [1.82, 2.24) is 0 Å². The molecule has 0 radical (unpaired) electrons. The minimum atomic E-state index is -0.986. The highest BCUT2D eigenvalue weighted by atomic mass is 16.6. The number of aliphatic hydroxyl groups is 1. The van der Waals surface area contributed by atoms with Crippen molar-refractivity contribution in [3.05, 3.63) is 29.6 Å². The maximum Gasteiger partial charge on any atom is 0.198 e. The number of oxime groups is 1. The van der Waals surface area contributed by atoms with Crippen molar-refractivity contribution in [3.63, 3.8) is 0 Å². The molecular weight excluding hydrogens is 298 g/mol. The zero-order valence-electron chi connectivity index (χ0n) is 14.0. The maximum absolute atomic E-state index is 12.8. The van der Waals surface area contributed by atoms with E-state index in [0.717, 1.165) is 0 Å². The van der Waals surface area contributed by atoms with Gasteiger partial charge in [0.2, 0.25) is 0 Å². The Morgan fingerprint density at radius 3 is 2.65 bits per heavy atom. The summed E-state index contributed by atoms with van der Waals surface area (Å²) in [5, 5.41) is 14.4. The average molecular weight is 321 g/mol. The molecule has 1 aliphatic carbocycles. The molecule has 1 unspecified atom stereocenters. The van der Waals surface area contributed by atoms with Crippen LogP contribution in [0.1, 0.15) is 33.6 Å². The molecule has 0 aromatic heterocycles. The second-order valence-corrected chi connectivity index (χ2v) is 5.77. The number of hydrogen-bond donors (Lipinski definition) is 1. The SMILES string of the molecule is C=CCON=C(CCC)C1=C(O)C(=C=O)C(C)(C)C(OC)C1=O. The molecule has 23 heavy (non-hydrogen) atoms. The smallest absolute Gasteiger partial charge is 0.198 e. The van der Waals surface area contributed by atoms with Gasteiger partial charge in [0.15, 0.2) is 5.78 Å². The molecule has 0 aromatic carbocycles. The normalized spacial score (nSPS) is 21.2. The Balaban J connectivity index is 3.50. The number of methoxy groups -OCH3 is 1. The lowest BCUT2D eigenvalue weighted by atomic mass is 9.69. The highest BCUT2D eigenvalue weighted by molar-refractivity contribution is 6.25. The molecule has 6 nitrogen and oxygen atoms in total. The van der Waals surface area contributed by atoms with Gasteiger partial charge in [0, 0.05) is 12.5 Å². The molecule has 0 amide bonds. The molecule has 1 N–H and O–H groups in total. The minimum absolute atomic E-state index is 0.00789. The first-order valence-electron chi connectivity index (χ1n) is 7.43. The summed E-state index contributed by atoms with van der Waals surface area (Å²) in [5.74, 6) is 0.905. The lowest BCUT2D eigenvalue weighted by Gasteiger charge is -2.37. The zero-order chi connectivity index (χ0) is 17.6. The van der Waals surface area contributed by atoms with Gasteiger partial charge in [0.25, 0.3) is 0 Å². The molecule has 1 atom stereocenters. The van der Waals surface area contributed by atoms with Crippen LogP contribution in [0, 0.1) is 5.41 Å². The number of ether oxygens (including phenoxy) is 1. The van der Waals surface area contributed by atoms with E-state index in [0.29, 0.717) is 12.8 Å². The predicted octanol–water partition coefficient (Wildman–Crippen LogP) is 2.54. The zero-order valence-corrected chi connectivity index (χ0v) is 14.0. The molecule has 0 saturated carbocycles. The van der Waals surface area contributed by atoms with Crippen LogP contribution in [0.25, 0.3) is 0 Å². The van der Waals surface area contributed by atoms with Crippen molar-refractivity contribution in [2.45, 2.75) is 39.7 Å². The van der Waals surface area contributed by atoms with E-state index in [1.807, 2.05) is 6.92 Å². The number of carbonyl (C=O) groups is 1. The molecule has 1 rings (SSSR count). The molecule has 0 saturated heterocycles. The van der Waals surface area contributed by atoms with Crippen molar-refractivity contribution in [1.29, 1.82) is 0 Å². The molecule has 0 spiro atoms. The second kappa shape index (κ2) is 7.90. The molecule has 0 fully saturated rings. The highest BCUT2D eigenvalue weighted by Gasteiger charge is 2.48. The summed E-state index contributed by atoms with van der Waals surface area (Å²) in [6, 6.07) is 0. The van der Waals surface area contributed by atoms with E-state index in [4.69, 9.17) is 9.57 Å². The van der Waals surface area contributed by atoms with Crippen LogP contribution in [0.4, 0.5) is 0 Å². The van der Waals surface area contributed by atoms with Gasteiger partial charge in [-0.1, -0.05) is 45.0 Å². The molecule has 0 aliphatic heterocycles. The first kappa shape index (κ1) is 18.9. The fourth-order valence-corrected chi connectivity index (χ4v) is 2.62. The second-order valence-electron chi connectivity index (χ2n) is 5.77. The van der Waals surface area contributed by atoms with E-state index in [9.17, 15) is 14.7 Å². The fourth-order valence-electron chi connectivity index (χ4n) is 2.62. The van der Waals surface area contributed by atoms with Crippen molar-refractivity contribution in [3.8, 4) is 0 Å². The third-order valence-corrected chi connectivity index (χ3v) is 3.74. The molecule has 126 valence electrons. The van der Waals surface area contributed by atoms with Gasteiger partial charge < -0.3 is 14.7 Å². The Kier molecular flexibility index (Phi) is 6.49. The van der Waals surface area contributed by atoms with Crippen LogP contribution in [0.2, 0.25) is 0 Å². The number of carbonyl (C=O) groups excluding carboxylic acids is 2. The van der Waals surface area contributed by atoms with Crippen LogP contribution >= 0.6 is 0 Å². The number of nitrogens with zero attached hydrogens (tertiary/aromatic N) is 1. The Morgan fingerprint density at radius 2 is 2.17 bits per heavy atom. The van der Waals surface area contributed by atoms with Crippen LogP contribution in [-0.2, 0) is 19.2 Å². The highest BCUT2D eigenvalue weighted by Crippen LogP contribution is 2.41. The van der Waals surface area contributed by atoms with Crippen LogP contribution in [-0.4, -0.2) is 42.4 Å². The van der Waals surface area contributed by atoms with Crippen LogP contribution in [0.5, 0.6) is 0 Å². The molecule has 0 aromatic rings. The first-order chi connectivity index (χ1) is 10.9. The van der Waals surface area contributed by atoms with Gasteiger partial charge in [-0.2, -0.15) is 0 Å². The summed E-state index contributed by atoms with van der Waals surface area (Å²) in [7, 11) is 1.39. The number of aliphatic hydroxyl groups excluding tert-OH is 1. The fraction of sp³-hybridized carbons (Fsp3) is 0.529. The average Bonchev–Trinajstić information content (AvgIpc) is 2.47. The predicted molar refractivity (Wildman–Crippen MR) is 86.9 cm³/mol. The monoisotopic (exact) mass is 321 g/mol. The van der Waals surface area contributed by atoms with Gasteiger partial charge in [-0.3, -0.25) is 4.79 Å². The van der Waals surface area contributed by atoms with Gasteiger partial charge in [-0.25, -0.2) is 4.79 Å². The largest absolute Gasteiger partial charge is 0.506 e. The van der Waals surface area contributed by atoms with Gasteiger partial charge >= 0.3 is 0 Å². The molecule has 6 heteroatoms. The lowest BCUT2D eigenvalue weighted by molar-refractivity contribution is -0.130. The van der Waals surface area contributed by atoms with E-state index in [1.165, 1.54) is 13.2 Å².